The maximum absolute atomic E-state index is 11.2. The molecule has 60 valence electrons. The summed E-state index contributed by atoms with van der Waals surface area (Å²) < 4.78 is 11.2. The van der Waals surface area contributed by atoms with Crippen molar-refractivity contribution in [2.24, 2.45) is 0 Å². The molecule has 0 radical (unpaired) electrons. The molecule has 1 N–H and O–H groups in total. The summed E-state index contributed by atoms with van der Waals surface area (Å²) in [7, 11) is -2.84. The largest absolute Gasteiger partial charge is 2.00 e. The third-order valence-corrected chi connectivity index (χ3v) is 4.44. The van der Waals surface area contributed by atoms with Crippen molar-refractivity contribution in [3.8, 4) is 0 Å². The summed E-state index contributed by atoms with van der Waals surface area (Å²) >= 11 is 0. The molecule has 0 heterocycles. The van der Waals surface area contributed by atoms with Gasteiger partial charge in [-0.1, -0.05) is 27.7 Å². The Balaban J connectivity index is -0.000000107. The van der Waals surface area contributed by atoms with E-state index in [2.05, 4.69) is 0 Å². The number of hydrogen-bond donors (Lipinski definition) is 1. The maximum atomic E-state index is 11.2. The zero-order valence-corrected chi connectivity index (χ0v) is 9.47. The van der Waals surface area contributed by atoms with Crippen molar-refractivity contribution >= 4 is 30.4 Å². The molecule has 0 aliphatic rings. The van der Waals surface area contributed by atoms with E-state index in [-0.39, 0.29) is 37.2 Å². The van der Waals surface area contributed by atoms with E-state index in [1.807, 2.05) is 0 Å². The molecule has 0 spiro atoms. The summed E-state index contributed by atoms with van der Waals surface area (Å²) in [5, 5.41) is 0. The van der Waals surface area contributed by atoms with Gasteiger partial charge >= 0.3 is 23.1 Å². The Morgan fingerprint density at radius 2 is 1.40 bits per heavy atom. The Kier molecular flexibility index (Phi) is 6.44. The number of hydrogen-bond acceptors (Lipinski definition) is 1. The number of rotatable bonds is 2. The fourth-order valence-electron chi connectivity index (χ4n) is 0.596. The minimum Gasteiger partial charge on any atom is -1.00 e. The van der Waals surface area contributed by atoms with E-state index in [0.717, 1.165) is 0 Å². The smallest absolute Gasteiger partial charge is 1.00 e. The SMILES string of the molecule is CC(C)P(=O)(O)C(C)C.[H-].[H-].[Mg+2]. The van der Waals surface area contributed by atoms with Crippen LogP contribution in [-0.4, -0.2) is 39.3 Å². The van der Waals surface area contributed by atoms with Crippen LogP contribution in [0.4, 0.5) is 0 Å². The third-order valence-electron chi connectivity index (χ3n) is 1.48. The fourth-order valence-corrected chi connectivity index (χ4v) is 1.79. The van der Waals surface area contributed by atoms with Crippen LogP contribution in [0.1, 0.15) is 30.5 Å². The van der Waals surface area contributed by atoms with Gasteiger partial charge < -0.3 is 7.75 Å². The predicted octanol–water partition coefficient (Wildman–Crippen LogP) is 1.92. The molecule has 0 saturated heterocycles. The van der Waals surface area contributed by atoms with Crippen LogP contribution >= 0.6 is 7.37 Å². The molecule has 0 aliphatic carbocycles. The average Bonchev–Trinajstić information content (AvgIpc) is 1.65. The first-order valence-electron chi connectivity index (χ1n) is 3.21. The maximum Gasteiger partial charge on any atom is 2.00 e. The van der Waals surface area contributed by atoms with Crippen molar-refractivity contribution in [1.29, 1.82) is 0 Å². The molecule has 0 aliphatic heterocycles. The first-order valence-corrected chi connectivity index (χ1v) is 5.01. The summed E-state index contributed by atoms with van der Waals surface area (Å²) in [5.74, 6) is 0. The fraction of sp³-hybridized carbons (Fsp3) is 1.00. The van der Waals surface area contributed by atoms with Crippen molar-refractivity contribution in [3.05, 3.63) is 0 Å². The van der Waals surface area contributed by atoms with E-state index >= 15 is 0 Å². The Morgan fingerprint density at radius 3 is 1.40 bits per heavy atom. The van der Waals surface area contributed by atoms with Gasteiger partial charge in [-0.05, 0) is 0 Å². The quantitative estimate of drug-likeness (QED) is 0.516. The summed E-state index contributed by atoms with van der Waals surface area (Å²) in [6.07, 6.45) is 0. The van der Waals surface area contributed by atoms with E-state index in [1.165, 1.54) is 0 Å². The molecule has 0 amide bonds. The molecular weight excluding hydrogens is 159 g/mol. The molecule has 0 fully saturated rings. The van der Waals surface area contributed by atoms with E-state index in [4.69, 9.17) is 0 Å². The van der Waals surface area contributed by atoms with Gasteiger partial charge in [-0.25, -0.2) is 0 Å². The second-order valence-corrected chi connectivity index (χ2v) is 6.27. The first-order chi connectivity index (χ1) is 3.89. The zero-order valence-electron chi connectivity index (χ0n) is 9.16. The van der Waals surface area contributed by atoms with Crippen molar-refractivity contribution < 1.29 is 12.3 Å². The first kappa shape index (κ1) is 13.5. The van der Waals surface area contributed by atoms with E-state index in [9.17, 15) is 9.46 Å². The van der Waals surface area contributed by atoms with Gasteiger partial charge in [-0.3, -0.25) is 4.57 Å². The third kappa shape index (κ3) is 3.38. The molecule has 2 nitrogen and oxygen atoms in total. The zero-order chi connectivity index (χ0) is 7.65. The summed E-state index contributed by atoms with van der Waals surface area (Å²) in [6.45, 7) is 7.11. The van der Waals surface area contributed by atoms with Gasteiger partial charge in [0, 0.05) is 11.3 Å². The van der Waals surface area contributed by atoms with Crippen molar-refractivity contribution in [1.82, 2.24) is 0 Å². The van der Waals surface area contributed by atoms with Gasteiger partial charge in [0.2, 0.25) is 7.37 Å². The normalized spacial score (nSPS) is 11.9. The molecule has 0 aromatic carbocycles. The van der Waals surface area contributed by atoms with Crippen LogP contribution in [0.2, 0.25) is 0 Å². The second kappa shape index (κ2) is 4.76. The molecule has 10 heavy (non-hydrogen) atoms. The molecule has 0 aromatic rings. The molecule has 0 aromatic heterocycles. The van der Waals surface area contributed by atoms with E-state index in [1.54, 1.807) is 27.7 Å². The van der Waals surface area contributed by atoms with Crippen LogP contribution in [0, 0.1) is 0 Å². The van der Waals surface area contributed by atoms with Gasteiger partial charge in [0.1, 0.15) is 0 Å². The van der Waals surface area contributed by atoms with Gasteiger partial charge in [-0.2, -0.15) is 0 Å². The summed E-state index contributed by atoms with van der Waals surface area (Å²) in [6, 6.07) is 0. The average molecular weight is 176 g/mol. The Morgan fingerprint density at radius 1 is 1.20 bits per heavy atom. The van der Waals surface area contributed by atoms with Crippen LogP contribution in [0.3, 0.4) is 0 Å². The Hall–Kier alpha value is 0.956. The van der Waals surface area contributed by atoms with Gasteiger partial charge in [0.05, 0.1) is 0 Å². The van der Waals surface area contributed by atoms with Crippen LogP contribution < -0.4 is 0 Å². The van der Waals surface area contributed by atoms with Crippen LogP contribution in [-0.2, 0) is 4.57 Å². The van der Waals surface area contributed by atoms with Gasteiger partial charge in [0.25, 0.3) is 0 Å². The molecular formula is C6H17MgO2P. The molecule has 0 bridgehead atoms. The summed E-state index contributed by atoms with van der Waals surface area (Å²) in [5.41, 5.74) is -0.199. The molecule has 0 atom stereocenters. The summed E-state index contributed by atoms with van der Waals surface area (Å²) in [4.78, 5) is 9.22. The minimum atomic E-state index is -2.84. The molecule has 0 saturated carbocycles. The van der Waals surface area contributed by atoms with Crippen LogP contribution in [0.15, 0.2) is 0 Å². The van der Waals surface area contributed by atoms with Gasteiger partial charge in [-0.15, -0.1) is 0 Å². The minimum absolute atomic E-state index is 0. The molecule has 4 heteroatoms. The topological polar surface area (TPSA) is 37.3 Å². The van der Waals surface area contributed by atoms with E-state index in [0.29, 0.717) is 0 Å². The molecule has 0 rings (SSSR count). The van der Waals surface area contributed by atoms with Gasteiger partial charge in [0.15, 0.2) is 0 Å². The van der Waals surface area contributed by atoms with Crippen molar-refractivity contribution in [3.63, 3.8) is 0 Å². The predicted molar refractivity (Wildman–Crippen MR) is 48.1 cm³/mol. The standard InChI is InChI=1S/C6H15O2P.Mg.2H/c1-5(2)9(7,8)6(3)4;;;/h5-6H,1-4H3,(H,7,8);;;/q;+2;2*-1. The van der Waals surface area contributed by atoms with Crippen LogP contribution in [0.5, 0.6) is 0 Å². The van der Waals surface area contributed by atoms with Crippen molar-refractivity contribution in [2.75, 3.05) is 0 Å². The molecule has 0 unspecified atom stereocenters. The van der Waals surface area contributed by atoms with E-state index < -0.39 is 7.37 Å². The second-order valence-electron chi connectivity index (χ2n) is 2.86. The Labute approximate surface area is 82.0 Å². The monoisotopic (exact) mass is 176 g/mol. The van der Waals surface area contributed by atoms with Crippen LogP contribution in [0.25, 0.3) is 0 Å². The Bertz CT molecular complexity index is 130. The van der Waals surface area contributed by atoms with Crippen molar-refractivity contribution in [2.45, 2.75) is 39.0 Å².